The molecule has 1 spiro atoms. The first-order valence-electron chi connectivity index (χ1n) is 10.3. The first-order chi connectivity index (χ1) is 14.9. The van der Waals surface area contributed by atoms with Gasteiger partial charge in [-0.2, -0.15) is 5.10 Å². The molecule has 4 heterocycles. The Morgan fingerprint density at radius 1 is 1.47 bits per heavy atom. The molecule has 1 saturated heterocycles. The van der Waals surface area contributed by atoms with Crippen molar-refractivity contribution in [3.05, 3.63) is 38.8 Å². The fourth-order valence-electron chi connectivity index (χ4n) is 4.52. The number of alkyl halides is 2. The van der Waals surface area contributed by atoms with E-state index in [1.54, 1.807) is 10.9 Å². The number of hydrogen-bond acceptors (Lipinski definition) is 7. The summed E-state index contributed by atoms with van der Waals surface area (Å²) in [4.78, 5) is 2.85. The highest BCUT2D eigenvalue weighted by atomic mass is 35.5. The van der Waals surface area contributed by atoms with Gasteiger partial charge in [0.05, 0.1) is 29.4 Å². The van der Waals surface area contributed by atoms with Gasteiger partial charge in [0, 0.05) is 47.6 Å². The van der Waals surface area contributed by atoms with Crippen LogP contribution >= 0.6 is 22.9 Å². The highest BCUT2D eigenvalue weighted by molar-refractivity contribution is 7.90. The Hall–Kier alpha value is -1.11. The lowest BCUT2D eigenvalue weighted by molar-refractivity contribution is -0.210. The Balaban J connectivity index is 1.47. The van der Waals surface area contributed by atoms with E-state index in [1.807, 2.05) is 6.20 Å². The van der Waals surface area contributed by atoms with Crippen molar-refractivity contribution in [2.24, 2.45) is 0 Å². The number of sulfone groups is 1. The lowest BCUT2D eigenvalue weighted by atomic mass is 9.78. The van der Waals surface area contributed by atoms with Gasteiger partial charge in [0.2, 0.25) is 0 Å². The van der Waals surface area contributed by atoms with Gasteiger partial charge in [0.25, 0.3) is 6.43 Å². The van der Waals surface area contributed by atoms with Gasteiger partial charge in [0.15, 0.2) is 5.60 Å². The molecule has 2 aromatic rings. The molecule has 0 amide bonds. The number of hydrogen-bond donors (Lipinski definition) is 1. The smallest absolute Gasteiger partial charge is 0.273 e. The van der Waals surface area contributed by atoms with Crippen molar-refractivity contribution in [1.29, 1.82) is 0 Å². The molecule has 178 valence electrons. The minimum atomic E-state index is -3.06. The molecule has 2 aromatic heterocycles. The molecule has 0 saturated carbocycles. The fraction of sp³-hybridized carbons (Fsp3) is 0.650. The molecule has 0 radical (unpaired) electrons. The van der Waals surface area contributed by atoms with E-state index in [4.69, 9.17) is 16.3 Å². The van der Waals surface area contributed by atoms with E-state index in [1.165, 1.54) is 23.7 Å². The van der Waals surface area contributed by atoms with Crippen molar-refractivity contribution in [3.63, 3.8) is 0 Å². The number of ether oxygens (including phenoxy) is 1. The highest BCUT2D eigenvalue weighted by Gasteiger charge is 2.54. The summed E-state index contributed by atoms with van der Waals surface area (Å²) in [6.07, 6.45) is 2.97. The van der Waals surface area contributed by atoms with E-state index in [-0.39, 0.29) is 17.4 Å². The van der Waals surface area contributed by atoms with Crippen molar-refractivity contribution in [2.75, 3.05) is 25.2 Å². The van der Waals surface area contributed by atoms with Gasteiger partial charge in [-0.05, 0) is 25.8 Å². The Labute approximate surface area is 194 Å². The lowest BCUT2D eigenvalue weighted by Crippen LogP contribution is -2.54. The van der Waals surface area contributed by atoms with Crippen LogP contribution in [0.4, 0.5) is 8.78 Å². The number of aryl methyl sites for hydroxylation is 1. The molecule has 0 aliphatic carbocycles. The van der Waals surface area contributed by atoms with Crippen LogP contribution in [0.1, 0.15) is 35.8 Å². The maximum atomic E-state index is 13.6. The molecule has 7 nitrogen and oxygen atoms in total. The summed E-state index contributed by atoms with van der Waals surface area (Å²) in [6, 6.07) is 1.52. The van der Waals surface area contributed by atoms with E-state index in [0.29, 0.717) is 41.7 Å². The number of aliphatic hydroxyl groups is 1. The van der Waals surface area contributed by atoms with Crippen LogP contribution in [-0.2, 0) is 38.9 Å². The van der Waals surface area contributed by atoms with Crippen LogP contribution < -0.4 is 0 Å². The van der Waals surface area contributed by atoms with Crippen LogP contribution in [0.5, 0.6) is 0 Å². The average molecular weight is 510 g/mol. The number of piperidine rings is 1. The zero-order chi connectivity index (χ0) is 23.3. The average Bonchev–Trinajstić information content (AvgIpc) is 3.32. The first kappa shape index (κ1) is 24.0. The summed E-state index contributed by atoms with van der Waals surface area (Å²) in [5, 5.41) is 14.8. The molecule has 1 N–H and O–H groups in total. The van der Waals surface area contributed by atoms with Gasteiger partial charge in [-0.25, -0.2) is 17.2 Å². The van der Waals surface area contributed by atoms with Gasteiger partial charge in [-0.15, -0.1) is 11.3 Å². The van der Waals surface area contributed by atoms with Gasteiger partial charge < -0.3 is 9.84 Å². The summed E-state index contributed by atoms with van der Waals surface area (Å²) in [5.41, 5.74) is -1.94. The third-order valence-electron chi connectivity index (χ3n) is 6.33. The second-order valence-electron chi connectivity index (χ2n) is 8.82. The number of nitrogens with zero attached hydrogens (tertiary/aromatic N) is 3. The van der Waals surface area contributed by atoms with E-state index in [0.717, 1.165) is 5.56 Å². The monoisotopic (exact) mass is 509 g/mol. The molecule has 0 unspecified atom stereocenters. The fourth-order valence-corrected chi connectivity index (χ4v) is 6.53. The van der Waals surface area contributed by atoms with Crippen LogP contribution in [0.2, 0.25) is 4.34 Å². The zero-order valence-electron chi connectivity index (χ0n) is 17.8. The summed E-state index contributed by atoms with van der Waals surface area (Å²) in [5.74, 6) is 0.0325. The molecular weight excluding hydrogens is 484 g/mol. The Bertz CT molecular complexity index is 1090. The SMILES string of the molecule is C[C@H]1C[C@@]2(CCN1Cc1cnn(CCS(C)(=O)=O)c1)OC[C@](O)(C(F)F)c1cc(Cl)sc12. The summed E-state index contributed by atoms with van der Waals surface area (Å²) in [6.45, 7) is 3.19. The van der Waals surface area contributed by atoms with Gasteiger partial charge in [0.1, 0.15) is 15.4 Å². The molecule has 2 aliphatic heterocycles. The maximum Gasteiger partial charge on any atom is 0.273 e. The largest absolute Gasteiger partial charge is 0.377 e. The van der Waals surface area contributed by atoms with Crippen molar-refractivity contribution in [1.82, 2.24) is 14.7 Å². The van der Waals surface area contributed by atoms with E-state index in [9.17, 15) is 22.3 Å². The van der Waals surface area contributed by atoms with Crippen LogP contribution in [0.15, 0.2) is 18.5 Å². The van der Waals surface area contributed by atoms with Gasteiger partial charge in [-0.1, -0.05) is 11.6 Å². The Morgan fingerprint density at radius 2 is 2.22 bits per heavy atom. The normalized spacial score (nSPS) is 29.0. The number of thiophene rings is 1. The standard InChI is InChI=1S/C20H26ClF2N3O4S2/c1-13-8-19(17-15(7-16(21)31-17)20(27,12-30-19)18(22)23)3-4-25(13)10-14-9-24-26(11-14)5-6-32(2,28)29/h7,9,11,13,18,27H,3-6,8,10,12H2,1-2H3/t13-,19+,20+/m0/s1. The quantitative estimate of drug-likeness (QED) is 0.644. The maximum absolute atomic E-state index is 13.6. The third kappa shape index (κ3) is 4.60. The van der Waals surface area contributed by atoms with Crippen LogP contribution in [-0.4, -0.2) is 65.8 Å². The van der Waals surface area contributed by atoms with Crippen molar-refractivity contribution in [2.45, 2.75) is 56.5 Å². The van der Waals surface area contributed by atoms with Gasteiger partial charge in [-0.3, -0.25) is 9.58 Å². The Kier molecular flexibility index (Phi) is 6.45. The Morgan fingerprint density at radius 3 is 2.88 bits per heavy atom. The molecule has 3 atom stereocenters. The molecule has 4 rings (SSSR count). The minimum Gasteiger partial charge on any atom is -0.377 e. The van der Waals surface area contributed by atoms with E-state index < -0.39 is 34.1 Å². The molecule has 2 aliphatic rings. The van der Waals surface area contributed by atoms with Crippen molar-refractivity contribution < 1.29 is 27.0 Å². The second kappa shape index (κ2) is 8.59. The zero-order valence-corrected chi connectivity index (χ0v) is 20.2. The minimum absolute atomic E-state index is 0.0325. The summed E-state index contributed by atoms with van der Waals surface area (Å²) < 4.78 is 58.0. The predicted octanol–water partition coefficient (Wildman–Crippen LogP) is 3.01. The molecule has 1 fully saturated rings. The van der Waals surface area contributed by atoms with Crippen LogP contribution in [0.3, 0.4) is 0 Å². The number of rotatable bonds is 6. The van der Waals surface area contributed by atoms with Crippen molar-refractivity contribution >= 4 is 32.8 Å². The lowest BCUT2D eigenvalue weighted by Gasteiger charge is -2.49. The molecule has 0 aromatic carbocycles. The summed E-state index contributed by atoms with van der Waals surface area (Å²) >= 11 is 7.36. The summed E-state index contributed by atoms with van der Waals surface area (Å²) in [7, 11) is -3.06. The van der Waals surface area contributed by atoms with Crippen LogP contribution in [0, 0.1) is 0 Å². The predicted molar refractivity (Wildman–Crippen MR) is 118 cm³/mol. The number of likely N-dealkylation sites (tertiary alicyclic amines) is 1. The molecule has 32 heavy (non-hydrogen) atoms. The number of halogens is 3. The van der Waals surface area contributed by atoms with Crippen LogP contribution in [0.25, 0.3) is 0 Å². The molecule has 0 bridgehead atoms. The third-order valence-corrected chi connectivity index (χ3v) is 8.70. The first-order valence-corrected chi connectivity index (χ1v) is 13.6. The second-order valence-corrected chi connectivity index (χ2v) is 12.8. The number of fused-ring (bicyclic) bond motifs is 2. The topological polar surface area (TPSA) is 84.7 Å². The van der Waals surface area contributed by atoms with E-state index in [2.05, 4.69) is 16.9 Å². The van der Waals surface area contributed by atoms with Gasteiger partial charge >= 0.3 is 0 Å². The molecular formula is C20H26ClF2N3O4S2. The van der Waals surface area contributed by atoms with Crippen molar-refractivity contribution in [3.8, 4) is 0 Å². The highest BCUT2D eigenvalue weighted by Crippen LogP contribution is 2.53. The van der Waals surface area contributed by atoms with E-state index >= 15 is 0 Å². The molecule has 12 heteroatoms. The number of aromatic nitrogens is 2.